The van der Waals surface area contributed by atoms with E-state index in [-0.39, 0.29) is 18.2 Å². The number of nitrogens with one attached hydrogen (secondary N) is 2. The molecule has 7 heteroatoms. The molecule has 1 unspecified atom stereocenters. The summed E-state index contributed by atoms with van der Waals surface area (Å²) in [7, 11) is 0. The quantitative estimate of drug-likeness (QED) is 0.318. The molecule has 192 valence electrons. The molecular weight excluding hydrogens is 484 g/mol. The molecular formula is C30H32N2O4S. The molecule has 3 atom stereocenters. The molecule has 0 spiro atoms. The van der Waals surface area contributed by atoms with E-state index in [2.05, 4.69) is 23.3 Å². The highest BCUT2D eigenvalue weighted by Crippen LogP contribution is 2.38. The maximum absolute atomic E-state index is 13.8. The van der Waals surface area contributed by atoms with Gasteiger partial charge in [0.05, 0.1) is 5.25 Å². The van der Waals surface area contributed by atoms with Gasteiger partial charge in [0.1, 0.15) is 11.6 Å². The number of aliphatic carboxylic acids is 1. The van der Waals surface area contributed by atoms with Gasteiger partial charge in [-0.25, -0.2) is 4.79 Å². The standard InChI is InChI=1S/C30H32N2O4S/c1-19(2)26(37)27(33)32-30(17-16-23-10-6-7-11-24(23)30)29(36)31-25(28(34)35)18-20-12-14-22(15-13-20)21-8-4-3-5-9-21/h3-15,19,25-26,37H,16-18H2,1-2H3,(H,31,36)(H,32,33)(H,34,35)/t25-,26-,30?/m0/s1. The Hall–Kier alpha value is -3.58. The molecule has 2 amide bonds. The number of benzene rings is 3. The van der Waals surface area contributed by atoms with Gasteiger partial charge in [0.2, 0.25) is 5.91 Å². The third kappa shape index (κ3) is 5.72. The Balaban J connectivity index is 1.57. The van der Waals surface area contributed by atoms with Crippen molar-refractivity contribution in [3.63, 3.8) is 0 Å². The molecule has 6 nitrogen and oxygen atoms in total. The van der Waals surface area contributed by atoms with Crippen molar-refractivity contribution < 1.29 is 19.5 Å². The normalized spacial score (nSPS) is 18.1. The highest BCUT2D eigenvalue weighted by atomic mass is 32.1. The molecule has 0 saturated carbocycles. The predicted molar refractivity (Wildman–Crippen MR) is 147 cm³/mol. The van der Waals surface area contributed by atoms with E-state index >= 15 is 0 Å². The number of carboxylic acid groups (broad SMARTS) is 1. The maximum atomic E-state index is 13.8. The van der Waals surface area contributed by atoms with Gasteiger partial charge in [0.15, 0.2) is 0 Å². The van der Waals surface area contributed by atoms with Crippen molar-refractivity contribution in [3.05, 3.63) is 95.6 Å². The van der Waals surface area contributed by atoms with E-state index in [1.165, 1.54) is 0 Å². The van der Waals surface area contributed by atoms with Crippen molar-refractivity contribution in [1.82, 2.24) is 10.6 Å². The third-order valence-corrected chi connectivity index (χ3v) is 7.81. The van der Waals surface area contributed by atoms with Crippen LogP contribution in [0.4, 0.5) is 0 Å². The van der Waals surface area contributed by atoms with Crippen LogP contribution < -0.4 is 10.6 Å². The van der Waals surface area contributed by atoms with Crippen molar-refractivity contribution in [2.45, 2.75) is 49.9 Å². The Bertz CT molecular complexity index is 1280. The highest BCUT2D eigenvalue weighted by molar-refractivity contribution is 7.81. The monoisotopic (exact) mass is 516 g/mol. The number of rotatable bonds is 9. The van der Waals surface area contributed by atoms with Crippen molar-refractivity contribution in [1.29, 1.82) is 0 Å². The molecule has 1 aliphatic carbocycles. The number of thiol groups is 1. The van der Waals surface area contributed by atoms with Gasteiger partial charge in [-0.15, -0.1) is 0 Å². The summed E-state index contributed by atoms with van der Waals surface area (Å²) in [6, 6.07) is 23.9. The lowest BCUT2D eigenvalue weighted by Crippen LogP contribution is -2.59. The molecule has 3 aromatic rings. The molecule has 3 aromatic carbocycles. The Morgan fingerprint density at radius 1 is 0.919 bits per heavy atom. The van der Waals surface area contributed by atoms with Gasteiger partial charge in [0.25, 0.3) is 5.91 Å². The van der Waals surface area contributed by atoms with Crippen molar-refractivity contribution >= 4 is 30.4 Å². The first-order valence-electron chi connectivity index (χ1n) is 12.5. The fourth-order valence-corrected chi connectivity index (χ4v) is 4.87. The number of hydrogen-bond donors (Lipinski definition) is 4. The van der Waals surface area contributed by atoms with Crippen LogP contribution in [0.15, 0.2) is 78.9 Å². The largest absolute Gasteiger partial charge is 0.480 e. The van der Waals surface area contributed by atoms with Crippen molar-refractivity contribution in [2.75, 3.05) is 0 Å². The van der Waals surface area contributed by atoms with E-state index in [0.717, 1.165) is 22.3 Å². The van der Waals surface area contributed by atoms with E-state index < -0.39 is 28.7 Å². The number of hydrogen-bond acceptors (Lipinski definition) is 4. The minimum Gasteiger partial charge on any atom is -0.480 e. The summed E-state index contributed by atoms with van der Waals surface area (Å²) < 4.78 is 0. The van der Waals surface area contributed by atoms with Gasteiger partial charge in [-0.3, -0.25) is 9.59 Å². The van der Waals surface area contributed by atoms with E-state index in [1.54, 1.807) is 0 Å². The number of carboxylic acids is 1. The predicted octanol–water partition coefficient (Wildman–Crippen LogP) is 4.38. The molecule has 0 fully saturated rings. The van der Waals surface area contributed by atoms with Crippen molar-refractivity contribution in [2.24, 2.45) is 5.92 Å². The van der Waals surface area contributed by atoms with Gasteiger partial charge in [-0.05, 0) is 46.6 Å². The Labute approximate surface area is 222 Å². The zero-order valence-electron chi connectivity index (χ0n) is 21.0. The molecule has 0 radical (unpaired) electrons. The van der Waals surface area contributed by atoms with E-state index in [1.807, 2.05) is 92.7 Å². The van der Waals surface area contributed by atoms with Crippen LogP contribution in [0.5, 0.6) is 0 Å². The molecule has 1 aliphatic rings. The highest BCUT2D eigenvalue weighted by Gasteiger charge is 2.48. The van der Waals surface area contributed by atoms with E-state index in [4.69, 9.17) is 0 Å². The second-order valence-corrected chi connectivity index (χ2v) is 10.4. The van der Waals surface area contributed by atoms with Crippen LogP contribution >= 0.6 is 12.6 Å². The molecule has 3 N–H and O–H groups in total. The van der Waals surface area contributed by atoms with Gasteiger partial charge in [-0.2, -0.15) is 12.6 Å². The smallest absolute Gasteiger partial charge is 0.326 e. The summed E-state index contributed by atoms with van der Waals surface area (Å²) in [5, 5.41) is 15.0. The summed E-state index contributed by atoms with van der Waals surface area (Å²) in [6.45, 7) is 3.77. The zero-order valence-corrected chi connectivity index (χ0v) is 21.9. The van der Waals surface area contributed by atoms with Crippen LogP contribution in [0.2, 0.25) is 0 Å². The summed E-state index contributed by atoms with van der Waals surface area (Å²) in [5.74, 6) is -2.05. The molecule has 0 saturated heterocycles. The minimum atomic E-state index is -1.35. The van der Waals surface area contributed by atoms with Crippen LogP contribution in [0.1, 0.15) is 37.0 Å². The molecule has 0 bridgehead atoms. The summed E-state index contributed by atoms with van der Waals surface area (Å²) in [6.07, 6.45) is 1.06. The summed E-state index contributed by atoms with van der Waals surface area (Å²) in [5.41, 5.74) is 3.18. The average Bonchev–Trinajstić information content (AvgIpc) is 3.28. The topological polar surface area (TPSA) is 95.5 Å². The van der Waals surface area contributed by atoms with Gasteiger partial charge >= 0.3 is 5.97 Å². The summed E-state index contributed by atoms with van der Waals surface area (Å²) in [4.78, 5) is 39.0. The Morgan fingerprint density at radius 2 is 1.54 bits per heavy atom. The number of carbonyl (C=O) groups excluding carboxylic acids is 2. The van der Waals surface area contributed by atoms with Gasteiger partial charge < -0.3 is 15.7 Å². The van der Waals surface area contributed by atoms with Crippen LogP contribution in [0.25, 0.3) is 11.1 Å². The lowest BCUT2D eigenvalue weighted by Gasteiger charge is -2.33. The fraction of sp³-hybridized carbons (Fsp3) is 0.300. The average molecular weight is 517 g/mol. The number of aryl methyl sites for hydroxylation is 1. The van der Waals surface area contributed by atoms with Crippen LogP contribution in [0.3, 0.4) is 0 Å². The maximum Gasteiger partial charge on any atom is 0.326 e. The Morgan fingerprint density at radius 3 is 2.19 bits per heavy atom. The van der Waals surface area contributed by atoms with Crippen LogP contribution in [-0.2, 0) is 32.8 Å². The lowest BCUT2D eigenvalue weighted by atomic mass is 9.89. The summed E-state index contributed by atoms with van der Waals surface area (Å²) >= 11 is 4.43. The lowest BCUT2D eigenvalue weighted by molar-refractivity contribution is -0.143. The number of carbonyl (C=O) groups is 3. The SMILES string of the molecule is CC(C)[C@H](S)C(=O)NC1(C(=O)N[C@@H](Cc2ccc(-c3ccccc3)cc2)C(=O)O)CCc2ccccc21. The molecule has 0 aliphatic heterocycles. The fourth-order valence-electron chi connectivity index (χ4n) is 4.80. The second-order valence-electron chi connectivity index (χ2n) is 9.87. The third-order valence-electron chi connectivity index (χ3n) is 6.98. The zero-order chi connectivity index (χ0) is 26.6. The van der Waals surface area contributed by atoms with Crippen molar-refractivity contribution in [3.8, 4) is 11.1 Å². The first-order chi connectivity index (χ1) is 17.7. The first kappa shape index (κ1) is 26.5. The first-order valence-corrected chi connectivity index (χ1v) is 13.0. The van der Waals surface area contributed by atoms with Crippen LogP contribution in [-0.4, -0.2) is 34.2 Å². The number of fused-ring (bicyclic) bond motifs is 1. The van der Waals surface area contributed by atoms with E-state index in [9.17, 15) is 19.5 Å². The van der Waals surface area contributed by atoms with Crippen LogP contribution in [0, 0.1) is 5.92 Å². The number of amides is 2. The van der Waals surface area contributed by atoms with Gasteiger partial charge in [0, 0.05) is 6.42 Å². The Kier molecular flexibility index (Phi) is 8.03. The molecule has 0 aromatic heterocycles. The molecule has 37 heavy (non-hydrogen) atoms. The van der Waals surface area contributed by atoms with E-state index in [0.29, 0.717) is 18.4 Å². The minimum absolute atomic E-state index is 0.0364. The molecule has 0 heterocycles. The molecule has 4 rings (SSSR count). The van der Waals surface area contributed by atoms with Gasteiger partial charge in [-0.1, -0.05) is 92.7 Å². The second kappa shape index (κ2) is 11.2.